The van der Waals surface area contributed by atoms with E-state index in [1.807, 2.05) is 0 Å². The maximum Gasteiger partial charge on any atom is 0.294 e. The predicted octanol–water partition coefficient (Wildman–Crippen LogP) is 2.20. The Kier molecular flexibility index (Phi) is 5.84. The van der Waals surface area contributed by atoms with Crippen LogP contribution in [-0.2, 0) is 21.2 Å². The summed E-state index contributed by atoms with van der Waals surface area (Å²) in [6.45, 7) is 0. The molecule has 0 aromatic heterocycles. The topological polar surface area (TPSA) is 91.7 Å². The van der Waals surface area contributed by atoms with Crippen molar-refractivity contribution in [2.75, 3.05) is 0 Å². The lowest BCUT2D eigenvalue weighted by Crippen LogP contribution is -1.96. The van der Waals surface area contributed by atoms with Crippen molar-refractivity contribution in [1.29, 1.82) is 0 Å². The summed E-state index contributed by atoms with van der Waals surface area (Å²) in [5.41, 5.74) is 0. The second-order valence-electron chi connectivity index (χ2n) is 3.35. The lowest BCUT2D eigenvalue weighted by atomic mass is 10.4. The maximum atomic E-state index is 10.4. The molecule has 0 bridgehead atoms. The lowest BCUT2D eigenvalue weighted by molar-refractivity contribution is 0.483. The van der Waals surface area contributed by atoms with Crippen LogP contribution in [0.15, 0.2) is 70.5 Å². The lowest BCUT2D eigenvalue weighted by Gasteiger charge is -1.92. The van der Waals surface area contributed by atoms with Crippen molar-refractivity contribution < 1.29 is 21.7 Å². The second-order valence-corrected chi connectivity index (χ2v) is 5.74. The van der Waals surface area contributed by atoms with Crippen LogP contribution < -0.4 is 0 Å². The predicted molar refractivity (Wildman–Crippen MR) is 71.7 cm³/mol. The van der Waals surface area contributed by atoms with Gasteiger partial charge in [-0.3, -0.25) is 4.55 Å². The largest absolute Gasteiger partial charge is 0.302 e. The van der Waals surface area contributed by atoms with Gasteiger partial charge in [0.25, 0.3) is 10.1 Å². The zero-order valence-electron chi connectivity index (χ0n) is 9.71. The summed E-state index contributed by atoms with van der Waals surface area (Å²) in [5.74, 6) is 0. The average molecular weight is 300 g/mol. The van der Waals surface area contributed by atoms with E-state index < -0.39 is 21.2 Å². The van der Waals surface area contributed by atoms with E-state index in [0.29, 0.717) is 4.90 Å². The molecule has 0 aliphatic rings. The van der Waals surface area contributed by atoms with Crippen LogP contribution in [-0.4, -0.2) is 21.7 Å². The van der Waals surface area contributed by atoms with Crippen molar-refractivity contribution in [3.05, 3.63) is 60.7 Å². The van der Waals surface area contributed by atoms with Gasteiger partial charge in [-0.1, -0.05) is 36.4 Å². The normalized spacial score (nSPS) is 12.1. The molecule has 2 aromatic rings. The maximum absolute atomic E-state index is 10.4. The summed E-state index contributed by atoms with van der Waals surface area (Å²) in [4.78, 5) is 0.368. The molecule has 0 spiro atoms. The van der Waals surface area contributed by atoms with Crippen molar-refractivity contribution >= 4 is 21.2 Å². The van der Waals surface area contributed by atoms with Crippen molar-refractivity contribution in [3.63, 3.8) is 0 Å². The molecule has 1 atom stereocenters. The van der Waals surface area contributed by atoms with Gasteiger partial charge in [-0.15, -0.1) is 0 Å². The first-order valence-electron chi connectivity index (χ1n) is 5.09. The highest BCUT2D eigenvalue weighted by atomic mass is 32.2. The first kappa shape index (κ1) is 15.5. The summed E-state index contributed by atoms with van der Waals surface area (Å²) >= 11 is -1.83. The van der Waals surface area contributed by atoms with Crippen LogP contribution in [0, 0.1) is 0 Å². The van der Waals surface area contributed by atoms with Gasteiger partial charge in [-0.2, -0.15) is 8.42 Å². The number of hydrogen-bond donors (Lipinski definition) is 2. The Morgan fingerprint density at radius 1 is 0.842 bits per heavy atom. The molecule has 2 N–H and O–H groups in total. The van der Waals surface area contributed by atoms with Gasteiger partial charge >= 0.3 is 0 Å². The van der Waals surface area contributed by atoms with Crippen molar-refractivity contribution in [2.24, 2.45) is 0 Å². The van der Waals surface area contributed by atoms with Crippen LogP contribution in [0.5, 0.6) is 0 Å². The first-order chi connectivity index (χ1) is 8.91. The summed E-state index contributed by atoms with van der Waals surface area (Å²) in [6, 6.07) is 15.9. The number of benzene rings is 2. The molecule has 0 radical (unpaired) electrons. The second kappa shape index (κ2) is 7.15. The molecule has 2 rings (SSSR count). The van der Waals surface area contributed by atoms with Crippen LogP contribution in [0.2, 0.25) is 0 Å². The number of rotatable bonds is 2. The third kappa shape index (κ3) is 5.75. The summed E-state index contributed by atoms with van der Waals surface area (Å²) in [7, 11) is -4.00. The Labute approximate surface area is 114 Å². The van der Waals surface area contributed by atoms with Gasteiger partial charge in [-0.05, 0) is 24.3 Å². The number of hydrogen-bond acceptors (Lipinski definition) is 3. The average Bonchev–Trinajstić information content (AvgIpc) is 2.40. The molecule has 7 heteroatoms. The minimum atomic E-state index is -4.00. The van der Waals surface area contributed by atoms with Crippen molar-refractivity contribution in [1.82, 2.24) is 0 Å². The van der Waals surface area contributed by atoms with Crippen LogP contribution in [0.4, 0.5) is 0 Å². The fourth-order valence-electron chi connectivity index (χ4n) is 1.13. The molecular weight excluding hydrogens is 288 g/mol. The fourth-order valence-corrected chi connectivity index (χ4v) is 2.02. The molecule has 2 aromatic carbocycles. The van der Waals surface area contributed by atoms with E-state index in [4.69, 9.17) is 9.11 Å². The van der Waals surface area contributed by atoms with E-state index >= 15 is 0 Å². The molecule has 0 aliphatic heterocycles. The van der Waals surface area contributed by atoms with Gasteiger partial charge in [-0.25, -0.2) is 4.21 Å². The van der Waals surface area contributed by atoms with Crippen molar-refractivity contribution in [2.45, 2.75) is 9.79 Å². The highest BCUT2D eigenvalue weighted by molar-refractivity contribution is 7.85. The van der Waals surface area contributed by atoms with E-state index in [1.54, 1.807) is 48.5 Å². The van der Waals surface area contributed by atoms with Crippen LogP contribution >= 0.6 is 0 Å². The molecule has 102 valence electrons. The van der Waals surface area contributed by atoms with E-state index in [1.165, 1.54) is 12.1 Å². The molecule has 19 heavy (non-hydrogen) atoms. The Morgan fingerprint density at radius 3 is 1.53 bits per heavy atom. The third-order valence-electron chi connectivity index (χ3n) is 1.99. The Bertz CT molecular complexity index is 624. The van der Waals surface area contributed by atoms with Crippen LogP contribution in [0.3, 0.4) is 0 Å². The van der Waals surface area contributed by atoms with Gasteiger partial charge < -0.3 is 4.55 Å². The molecule has 0 saturated carbocycles. The summed E-state index contributed by atoms with van der Waals surface area (Å²) in [6.07, 6.45) is 0. The molecule has 0 heterocycles. The highest BCUT2D eigenvalue weighted by Gasteiger charge is 2.05. The molecule has 0 fully saturated rings. The van der Waals surface area contributed by atoms with Gasteiger partial charge in [0.15, 0.2) is 11.1 Å². The monoisotopic (exact) mass is 300 g/mol. The molecule has 0 saturated heterocycles. The van der Waals surface area contributed by atoms with Gasteiger partial charge in [0.2, 0.25) is 0 Å². The van der Waals surface area contributed by atoms with Crippen LogP contribution in [0.1, 0.15) is 0 Å². The van der Waals surface area contributed by atoms with E-state index in [2.05, 4.69) is 0 Å². The highest BCUT2D eigenvalue weighted by Crippen LogP contribution is 2.05. The fraction of sp³-hybridized carbons (Fsp3) is 0. The van der Waals surface area contributed by atoms with E-state index in [-0.39, 0.29) is 4.90 Å². The molecule has 0 aliphatic carbocycles. The van der Waals surface area contributed by atoms with Gasteiger partial charge in [0, 0.05) is 0 Å². The zero-order chi connectivity index (χ0) is 14.3. The summed E-state index contributed by atoms with van der Waals surface area (Å²) < 4.78 is 48.0. The minimum Gasteiger partial charge on any atom is -0.302 e. The minimum absolute atomic E-state index is 0.0741. The Morgan fingerprint density at radius 2 is 1.26 bits per heavy atom. The Balaban J connectivity index is 0.000000191. The van der Waals surface area contributed by atoms with Crippen molar-refractivity contribution in [3.8, 4) is 0 Å². The molecular formula is C12H12O5S2. The van der Waals surface area contributed by atoms with Crippen LogP contribution in [0.25, 0.3) is 0 Å². The third-order valence-corrected chi connectivity index (χ3v) is 3.53. The standard InChI is InChI=1S/C6H6O3S.C6H6O2S/c7-10(8,9)6-4-2-1-3-5-6;7-9(8)6-4-2-1-3-5-6/h1-5H,(H,7,8,9);1-5H,(H,7,8). The van der Waals surface area contributed by atoms with E-state index in [9.17, 15) is 12.6 Å². The summed E-state index contributed by atoms with van der Waals surface area (Å²) in [5, 5.41) is 0. The molecule has 0 amide bonds. The Hall–Kier alpha value is -1.54. The van der Waals surface area contributed by atoms with Gasteiger partial charge in [0.1, 0.15) is 0 Å². The zero-order valence-corrected chi connectivity index (χ0v) is 11.3. The molecule has 5 nitrogen and oxygen atoms in total. The molecule has 1 unspecified atom stereocenters. The smallest absolute Gasteiger partial charge is 0.294 e. The first-order valence-corrected chi connectivity index (χ1v) is 7.64. The quantitative estimate of drug-likeness (QED) is 0.655. The van der Waals surface area contributed by atoms with E-state index in [0.717, 1.165) is 0 Å². The SMILES string of the molecule is O=S(=O)(O)c1ccccc1.O=S(O)c1ccccc1. The van der Waals surface area contributed by atoms with Gasteiger partial charge in [0.05, 0.1) is 9.79 Å².